The Balaban J connectivity index is 0.00000420. The molecule has 0 radical (unpaired) electrons. The van der Waals surface area contributed by atoms with Gasteiger partial charge in [-0.25, -0.2) is 4.98 Å². The van der Waals surface area contributed by atoms with Crippen molar-refractivity contribution >= 4 is 41.3 Å². The highest BCUT2D eigenvalue weighted by Gasteiger charge is 2.29. The van der Waals surface area contributed by atoms with E-state index in [0.29, 0.717) is 19.0 Å². The molecule has 0 aliphatic rings. The second-order valence-electron chi connectivity index (χ2n) is 5.74. The highest BCUT2D eigenvalue weighted by Crippen LogP contribution is 2.29. The van der Waals surface area contributed by atoms with Crippen LogP contribution in [0.1, 0.15) is 22.4 Å². The zero-order chi connectivity index (χ0) is 20.6. The van der Waals surface area contributed by atoms with Gasteiger partial charge in [-0.05, 0) is 24.1 Å². The lowest BCUT2D eigenvalue weighted by molar-refractivity contribution is -0.153. The van der Waals surface area contributed by atoms with Crippen LogP contribution < -0.4 is 20.1 Å². The lowest BCUT2D eigenvalue weighted by atomic mass is 10.2. The van der Waals surface area contributed by atoms with Crippen molar-refractivity contribution in [2.75, 3.05) is 20.8 Å². The van der Waals surface area contributed by atoms with Crippen molar-refractivity contribution in [2.45, 2.75) is 32.6 Å². The fraction of sp³-hybridized carbons (Fsp3) is 0.444. The Hall–Kier alpha value is -1.76. The number of alkyl halides is 3. The molecular weight excluding hydrogens is 520 g/mol. The van der Waals surface area contributed by atoms with E-state index >= 15 is 0 Å². The summed E-state index contributed by atoms with van der Waals surface area (Å²) in [6.45, 7) is 1.68. The Morgan fingerprint density at radius 2 is 1.93 bits per heavy atom. The lowest BCUT2D eigenvalue weighted by Gasteiger charge is -2.15. The van der Waals surface area contributed by atoms with Gasteiger partial charge < -0.3 is 20.1 Å². The molecule has 0 aliphatic carbocycles. The summed E-state index contributed by atoms with van der Waals surface area (Å²) in [6, 6.07) is 4.75. The second kappa shape index (κ2) is 12.1. The highest BCUT2D eigenvalue weighted by atomic mass is 127. The molecule has 0 saturated heterocycles. The summed E-state index contributed by atoms with van der Waals surface area (Å²) < 4.78 is 46.9. The number of nitrogens with one attached hydrogen (secondary N) is 2. The predicted molar refractivity (Wildman–Crippen MR) is 118 cm³/mol. The van der Waals surface area contributed by atoms with E-state index in [2.05, 4.69) is 27.5 Å². The van der Waals surface area contributed by atoms with Gasteiger partial charge in [0.15, 0.2) is 24.1 Å². The van der Waals surface area contributed by atoms with E-state index in [1.165, 1.54) is 18.1 Å². The van der Waals surface area contributed by atoms with E-state index in [0.717, 1.165) is 17.0 Å². The van der Waals surface area contributed by atoms with Crippen LogP contribution in [0, 0.1) is 0 Å². The monoisotopic (exact) mass is 544 g/mol. The minimum Gasteiger partial charge on any atom is -0.493 e. The van der Waals surface area contributed by atoms with Crippen molar-refractivity contribution < 1.29 is 22.6 Å². The summed E-state index contributed by atoms with van der Waals surface area (Å²) in [6.07, 6.45) is -1.58. The Labute approximate surface area is 188 Å². The van der Waals surface area contributed by atoms with Crippen molar-refractivity contribution in [3.63, 3.8) is 0 Å². The van der Waals surface area contributed by atoms with Gasteiger partial charge in [0.1, 0.15) is 5.01 Å². The Morgan fingerprint density at radius 3 is 2.52 bits per heavy atom. The first-order valence-electron chi connectivity index (χ1n) is 8.59. The molecule has 2 N–H and O–H groups in total. The molecule has 162 valence electrons. The van der Waals surface area contributed by atoms with E-state index < -0.39 is 12.8 Å². The molecule has 1 heterocycles. The van der Waals surface area contributed by atoms with Gasteiger partial charge in [-0.3, -0.25) is 4.99 Å². The Kier molecular flexibility index (Phi) is 10.5. The van der Waals surface area contributed by atoms with Crippen molar-refractivity contribution in [1.29, 1.82) is 0 Å². The summed E-state index contributed by atoms with van der Waals surface area (Å²) in [5.74, 6) is 0.868. The van der Waals surface area contributed by atoms with Crippen molar-refractivity contribution in [2.24, 2.45) is 4.99 Å². The van der Waals surface area contributed by atoms with Crippen molar-refractivity contribution in [1.82, 2.24) is 15.6 Å². The van der Waals surface area contributed by atoms with Gasteiger partial charge in [0.25, 0.3) is 0 Å². The van der Waals surface area contributed by atoms with Crippen LogP contribution in [0.15, 0.2) is 29.4 Å². The van der Waals surface area contributed by atoms with E-state index in [1.54, 1.807) is 30.5 Å². The number of ether oxygens (including phenoxy) is 2. The molecule has 29 heavy (non-hydrogen) atoms. The second-order valence-corrected chi connectivity index (χ2v) is 6.94. The minimum absolute atomic E-state index is 0. The van der Waals surface area contributed by atoms with E-state index in [1.807, 2.05) is 6.20 Å². The molecule has 1 aromatic carbocycles. The lowest BCUT2D eigenvalue weighted by Crippen LogP contribution is -2.36. The fourth-order valence-electron chi connectivity index (χ4n) is 2.26. The third-order valence-electron chi connectivity index (χ3n) is 3.66. The summed E-state index contributed by atoms with van der Waals surface area (Å²) in [5, 5.41) is 7.28. The summed E-state index contributed by atoms with van der Waals surface area (Å²) >= 11 is 1.65. The van der Waals surface area contributed by atoms with Gasteiger partial charge in [-0.15, -0.1) is 35.3 Å². The molecule has 0 amide bonds. The number of aromatic nitrogens is 1. The molecule has 11 heteroatoms. The number of methoxy groups -OCH3 is 1. The topological polar surface area (TPSA) is 67.8 Å². The maximum atomic E-state index is 12.3. The van der Waals surface area contributed by atoms with Crippen LogP contribution in [-0.2, 0) is 19.5 Å². The average Bonchev–Trinajstić information content (AvgIpc) is 3.14. The van der Waals surface area contributed by atoms with E-state index in [4.69, 9.17) is 9.47 Å². The number of benzene rings is 1. The predicted octanol–water partition coefficient (Wildman–Crippen LogP) is 4.14. The Morgan fingerprint density at radius 1 is 1.21 bits per heavy atom. The van der Waals surface area contributed by atoms with Gasteiger partial charge in [0.2, 0.25) is 0 Å². The number of rotatable bonds is 8. The standard InChI is InChI=1S/C18H23F3N4O2S.HI/c1-4-13-9-23-16(28-13)10-25-17(22-2)24-8-12-5-6-14(15(7-12)26-3)27-11-18(19,20)21;/h5-7,9H,4,8,10-11H2,1-3H3,(H2,22,24,25);1H. The molecule has 0 fully saturated rings. The van der Waals surface area contributed by atoms with Gasteiger partial charge >= 0.3 is 6.18 Å². The number of halogens is 4. The molecule has 0 aliphatic heterocycles. The van der Waals surface area contributed by atoms with Crippen LogP contribution in [0.5, 0.6) is 11.5 Å². The average molecular weight is 544 g/mol. The molecule has 0 atom stereocenters. The van der Waals surface area contributed by atoms with Gasteiger partial charge in [-0.1, -0.05) is 13.0 Å². The van der Waals surface area contributed by atoms with Crippen molar-refractivity contribution in [3.05, 3.63) is 39.8 Å². The molecule has 0 unspecified atom stereocenters. The van der Waals surface area contributed by atoms with Gasteiger partial charge in [0, 0.05) is 24.7 Å². The number of aliphatic imine (C=N–C) groups is 1. The van der Waals surface area contributed by atoms with E-state index in [-0.39, 0.29) is 35.5 Å². The number of thiazole rings is 1. The summed E-state index contributed by atoms with van der Waals surface area (Å²) in [7, 11) is 3.04. The highest BCUT2D eigenvalue weighted by molar-refractivity contribution is 14.0. The maximum absolute atomic E-state index is 12.3. The molecule has 0 spiro atoms. The fourth-order valence-corrected chi connectivity index (χ4v) is 3.06. The number of aryl methyl sites for hydroxylation is 1. The third-order valence-corrected chi connectivity index (χ3v) is 4.80. The van der Waals surface area contributed by atoms with Gasteiger partial charge in [0.05, 0.1) is 13.7 Å². The SMILES string of the molecule is CCc1cnc(CNC(=NC)NCc2ccc(OCC(F)(F)F)c(OC)c2)s1.I. The van der Waals surface area contributed by atoms with Crippen LogP contribution in [0.3, 0.4) is 0 Å². The van der Waals surface area contributed by atoms with Crippen molar-refractivity contribution in [3.8, 4) is 11.5 Å². The quantitative estimate of drug-likeness (QED) is 0.297. The summed E-state index contributed by atoms with van der Waals surface area (Å²) in [5.41, 5.74) is 0.807. The molecular formula is C18H24F3IN4O2S. The largest absolute Gasteiger partial charge is 0.493 e. The number of guanidine groups is 1. The molecule has 0 bridgehead atoms. The van der Waals surface area contributed by atoms with Crippen LogP contribution in [0.2, 0.25) is 0 Å². The van der Waals surface area contributed by atoms with Gasteiger partial charge in [-0.2, -0.15) is 13.2 Å². The van der Waals surface area contributed by atoms with Crippen LogP contribution in [0.25, 0.3) is 0 Å². The first-order chi connectivity index (χ1) is 13.3. The Bertz CT molecular complexity index is 800. The molecule has 0 saturated carbocycles. The van der Waals surface area contributed by atoms with Crippen LogP contribution >= 0.6 is 35.3 Å². The zero-order valence-corrected chi connectivity index (χ0v) is 19.4. The first-order valence-corrected chi connectivity index (χ1v) is 9.40. The first kappa shape index (κ1) is 25.3. The van der Waals surface area contributed by atoms with E-state index in [9.17, 15) is 13.2 Å². The van der Waals surface area contributed by atoms with Crippen LogP contribution in [-0.4, -0.2) is 37.9 Å². The molecule has 2 aromatic rings. The zero-order valence-electron chi connectivity index (χ0n) is 16.3. The molecule has 6 nitrogen and oxygen atoms in total. The number of hydrogen-bond acceptors (Lipinski definition) is 5. The minimum atomic E-state index is -4.40. The third kappa shape index (κ3) is 8.64. The maximum Gasteiger partial charge on any atom is 0.422 e. The smallest absolute Gasteiger partial charge is 0.422 e. The summed E-state index contributed by atoms with van der Waals surface area (Å²) in [4.78, 5) is 9.72. The normalized spacial score (nSPS) is 11.6. The van der Waals surface area contributed by atoms with Crippen LogP contribution in [0.4, 0.5) is 13.2 Å². The molecule has 2 rings (SSSR count). The number of hydrogen-bond donors (Lipinski definition) is 2. The molecule has 1 aromatic heterocycles. The number of nitrogens with zero attached hydrogens (tertiary/aromatic N) is 2.